The van der Waals surface area contributed by atoms with E-state index in [1.807, 2.05) is 11.3 Å². The predicted octanol–water partition coefficient (Wildman–Crippen LogP) is 3.46. The Bertz CT molecular complexity index is 293. The van der Waals surface area contributed by atoms with Crippen molar-refractivity contribution in [1.82, 2.24) is 5.32 Å². The van der Waals surface area contributed by atoms with Crippen LogP contribution in [0.15, 0.2) is 16.8 Å². The minimum absolute atomic E-state index is 0.579. The molecule has 0 radical (unpaired) electrons. The van der Waals surface area contributed by atoms with Crippen LogP contribution in [0, 0.1) is 5.41 Å². The van der Waals surface area contributed by atoms with E-state index >= 15 is 0 Å². The third kappa shape index (κ3) is 2.82. The van der Waals surface area contributed by atoms with Gasteiger partial charge in [-0.25, -0.2) is 0 Å². The zero-order valence-corrected chi connectivity index (χ0v) is 10.6. The summed E-state index contributed by atoms with van der Waals surface area (Å²) in [4.78, 5) is 0. The van der Waals surface area contributed by atoms with E-state index in [-0.39, 0.29) is 0 Å². The molecule has 0 amide bonds. The molecule has 84 valence electrons. The predicted molar refractivity (Wildman–Crippen MR) is 67.4 cm³/mol. The van der Waals surface area contributed by atoms with Crippen LogP contribution < -0.4 is 5.32 Å². The standard InChI is InChI=1S/C13H21NS/c1-13(7-4-12(9-13)14-2)6-3-11-5-8-15-10-11/h5,8,10,12,14H,3-4,6-7,9H2,1-2H3. The van der Waals surface area contributed by atoms with Gasteiger partial charge in [0.1, 0.15) is 0 Å². The van der Waals surface area contributed by atoms with Crippen LogP contribution in [0.2, 0.25) is 0 Å². The molecule has 2 rings (SSSR count). The molecule has 2 unspecified atom stereocenters. The Morgan fingerprint density at radius 2 is 2.47 bits per heavy atom. The number of hydrogen-bond donors (Lipinski definition) is 1. The molecule has 0 aromatic carbocycles. The van der Waals surface area contributed by atoms with Crippen molar-refractivity contribution in [2.45, 2.75) is 45.1 Å². The highest BCUT2D eigenvalue weighted by molar-refractivity contribution is 7.07. The van der Waals surface area contributed by atoms with E-state index in [2.05, 4.69) is 36.1 Å². The summed E-state index contributed by atoms with van der Waals surface area (Å²) in [6, 6.07) is 3.02. The summed E-state index contributed by atoms with van der Waals surface area (Å²) in [5.41, 5.74) is 2.10. The van der Waals surface area contributed by atoms with Crippen LogP contribution in [0.3, 0.4) is 0 Å². The van der Waals surface area contributed by atoms with Crippen LogP contribution >= 0.6 is 11.3 Å². The zero-order valence-electron chi connectivity index (χ0n) is 9.75. The number of thiophene rings is 1. The second kappa shape index (κ2) is 4.67. The molecular weight excluding hydrogens is 202 g/mol. The first-order valence-corrected chi connectivity index (χ1v) is 6.84. The van der Waals surface area contributed by atoms with Crippen molar-refractivity contribution in [1.29, 1.82) is 0 Å². The van der Waals surface area contributed by atoms with Crippen molar-refractivity contribution in [3.05, 3.63) is 22.4 Å². The first-order valence-electron chi connectivity index (χ1n) is 5.90. The third-order valence-electron chi connectivity index (χ3n) is 3.84. The van der Waals surface area contributed by atoms with E-state index in [4.69, 9.17) is 0 Å². The van der Waals surface area contributed by atoms with Gasteiger partial charge in [0.2, 0.25) is 0 Å². The van der Waals surface area contributed by atoms with E-state index in [9.17, 15) is 0 Å². The molecule has 1 aliphatic rings. The highest BCUT2D eigenvalue weighted by Crippen LogP contribution is 2.41. The second-order valence-corrected chi connectivity index (χ2v) is 5.95. The molecule has 15 heavy (non-hydrogen) atoms. The lowest BCUT2D eigenvalue weighted by Gasteiger charge is -2.23. The smallest absolute Gasteiger partial charge is 0.00694 e. The van der Waals surface area contributed by atoms with Gasteiger partial charge in [0.25, 0.3) is 0 Å². The van der Waals surface area contributed by atoms with Crippen LogP contribution in [-0.2, 0) is 6.42 Å². The van der Waals surface area contributed by atoms with Crippen LogP contribution in [-0.4, -0.2) is 13.1 Å². The molecule has 2 atom stereocenters. The van der Waals surface area contributed by atoms with Gasteiger partial charge in [-0.3, -0.25) is 0 Å². The van der Waals surface area contributed by atoms with Gasteiger partial charge in [0, 0.05) is 6.04 Å². The van der Waals surface area contributed by atoms with Gasteiger partial charge in [0.15, 0.2) is 0 Å². The molecule has 0 spiro atoms. The average Bonchev–Trinajstić information content (AvgIpc) is 2.84. The van der Waals surface area contributed by atoms with Gasteiger partial charge in [-0.05, 0) is 67.0 Å². The van der Waals surface area contributed by atoms with Crippen molar-refractivity contribution in [2.24, 2.45) is 5.41 Å². The quantitative estimate of drug-likeness (QED) is 0.824. The fourth-order valence-corrected chi connectivity index (χ4v) is 3.38. The number of aryl methyl sites for hydroxylation is 1. The van der Waals surface area contributed by atoms with Crippen molar-refractivity contribution in [3.63, 3.8) is 0 Å². The van der Waals surface area contributed by atoms with E-state index < -0.39 is 0 Å². The molecule has 1 fully saturated rings. The first-order chi connectivity index (χ1) is 7.22. The maximum atomic E-state index is 3.41. The van der Waals surface area contributed by atoms with Crippen molar-refractivity contribution in [3.8, 4) is 0 Å². The molecule has 1 aliphatic carbocycles. The summed E-state index contributed by atoms with van der Waals surface area (Å²) in [5, 5.41) is 7.88. The Morgan fingerprint density at radius 3 is 3.07 bits per heavy atom. The van der Waals surface area contributed by atoms with Gasteiger partial charge in [-0.15, -0.1) is 0 Å². The Balaban J connectivity index is 1.84. The number of rotatable bonds is 4. The molecule has 1 aromatic heterocycles. The Kier molecular flexibility index (Phi) is 3.47. The molecule has 1 nitrogen and oxygen atoms in total. The lowest BCUT2D eigenvalue weighted by molar-refractivity contribution is 0.300. The second-order valence-electron chi connectivity index (χ2n) is 5.17. The maximum absolute atomic E-state index is 3.41. The Morgan fingerprint density at radius 1 is 1.60 bits per heavy atom. The highest BCUT2D eigenvalue weighted by atomic mass is 32.1. The maximum Gasteiger partial charge on any atom is 0.00694 e. The molecule has 1 heterocycles. The van der Waals surface area contributed by atoms with Gasteiger partial charge in [-0.2, -0.15) is 11.3 Å². The van der Waals surface area contributed by atoms with E-state index in [1.165, 1.54) is 37.7 Å². The molecule has 2 heteroatoms. The molecular formula is C13H21NS. The monoisotopic (exact) mass is 223 g/mol. The summed E-state index contributed by atoms with van der Waals surface area (Å²) in [6.45, 7) is 2.46. The fraction of sp³-hybridized carbons (Fsp3) is 0.692. The number of nitrogens with one attached hydrogen (secondary N) is 1. The summed E-state index contributed by atoms with van der Waals surface area (Å²) in [5.74, 6) is 0. The minimum atomic E-state index is 0.579. The average molecular weight is 223 g/mol. The summed E-state index contributed by atoms with van der Waals surface area (Å²) >= 11 is 1.81. The third-order valence-corrected chi connectivity index (χ3v) is 4.57. The Labute approximate surface area is 96.9 Å². The topological polar surface area (TPSA) is 12.0 Å². The molecule has 1 N–H and O–H groups in total. The van der Waals surface area contributed by atoms with E-state index in [0.717, 1.165) is 6.04 Å². The van der Waals surface area contributed by atoms with Crippen LogP contribution in [0.5, 0.6) is 0 Å². The van der Waals surface area contributed by atoms with Crippen molar-refractivity contribution in [2.75, 3.05) is 7.05 Å². The SMILES string of the molecule is CNC1CCC(C)(CCc2ccsc2)C1. The van der Waals surface area contributed by atoms with Crippen LogP contribution in [0.25, 0.3) is 0 Å². The van der Waals surface area contributed by atoms with Crippen LogP contribution in [0.4, 0.5) is 0 Å². The largest absolute Gasteiger partial charge is 0.317 e. The van der Waals surface area contributed by atoms with Crippen molar-refractivity contribution < 1.29 is 0 Å². The molecule has 1 saturated carbocycles. The summed E-state index contributed by atoms with van der Waals surface area (Å²) < 4.78 is 0. The van der Waals surface area contributed by atoms with Gasteiger partial charge in [0.05, 0.1) is 0 Å². The Hall–Kier alpha value is -0.340. The highest BCUT2D eigenvalue weighted by Gasteiger charge is 2.33. The summed E-state index contributed by atoms with van der Waals surface area (Å²) in [6.07, 6.45) is 6.71. The summed E-state index contributed by atoms with van der Waals surface area (Å²) in [7, 11) is 2.09. The van der Waals surface area contributed by atoms with Gasteiger partial charge < -0.3 is 5.32 Å². The number of hydrogen-bond acceptors (Lipinski definition) is 2. The molecule has 0 aliphatic heterocycles. The molecule has 1 aromatic rings. The van der Waals surface area contributed by atoms with Crippen molar-refractivity contribution >= 4 is 11.3 Å². The van der Waals surface area contributed by atoms with E-state index in [1.54, 1.807) is 0 Å². The lowest BCUT2D eigenvalue weighted by Crippen LogP contribution is -2.23. The first kappa shape index (κ1) is 11.2. The molecule has 0 saturated heterocycles. The van der Waals surface area contributed by atoms with Gasteiger partial charge >= 0.3 is 0 Å². The minimum Gasteiger partial charge on any atom is -0.317 e. The molecule has 0 bridgehead atoms. The normalized spacial score (nSPS) is 30.9. The fourth-order valence-electron chi connectivity index (χ4n) is 2.68. The van der Waals surface area contributed by atoms with Crippen LogP contribution in [0.1, 0.15) is 38.2 Å². The van der Waals surface area contributed by atoms with E-state index in [0.29, 0.717) is 5.41 Å². The zero-order chi connectivity index (χ0) is 10.7. The van der Waals surface area contributed by atoms with Gasteiger partial charge in [-0.1, -0.05) is 6.92 Å². The lowest BCUT2D eigenvalue weighted by atomic mass is 9.83.